The van der Waals surface area contributed by atoms with E-state index in [9.17, 15) is 0 Å². The zero-order chi connectivity index (χ0) is 12.8. The fourth-order valence-corrected chi connectivity index (χ4v) is 2.92. The van der Waals surface area contributed by atoms with Crippen molar-refractivity contribution >= 4 is 0 Å². The molecule has 3 heteroatoms. The lowest BCUT2D eigenvalue weighted by Crippen LogP contribution is -2.37. The molecule has 0 bridgehead atoms. The number of aromatic nitrogens is 1. The van der Waals surface area contributed by atoms with Gasteiger partial charge in [0, 0.05) is 38.1 Å². The molecule has 0 aliphatic carbocycles. The number of nitrogens with zero attached hydrogens (tertiary/aromatic N) is 2. The summed E-state index contributed by atoms with van der Waals surface area (Å²) in [6, 6.07) is 2.99. The Morgan fingerprint density at radius 1 is 1.39 bits per heavy atom. The molecule has 1 aliphatic heterocycles. The predicted octanol–water partition coefficient (Wildman–Crippen LogP) is 2.47. The Bertz CT molecular complexity index is 345. The van der Waals surface area contributed by atoms with E-state index in [0.29, 0.717) is 0 Å². The highest BCUT2D eigenvalue weighted by Crippen LogP contribution is 2.15. The Kier molecular flexibility index (Phi) is 5.26. The van der Waals surface area contributed by atoms with Crippen LogP contribution in [0.4, 0.5) is 0 Å². The van der Waals surface area contributed by atoms with E-state index in [1.807, 2.05) is 0 Å². The SMILES string of the molecule is CCCn1ccc(CNCC2CCCN2CC)c1. The lowest BCUT2D eigenvalue weighted by Gasteiger charge is -2.22. The Morgan fingerprint density at radius 2 is 2.28 bits per heavy atom. The van der Waals surface area contributed by atoms with Gasteiger partial charge in [-0.15, -0.1) is 0 Å². The molecule has 102 valence electrons. The molecule has 3 nitrogen and oxygen atoms in total. The maximum atomic E-state index is 3.61. The van der Waals surface area contributed by atoms with Crippen molar-refractivity contribution in [1.29, 1.82) is 0 Å². The van der Waals surface area contributed by atoms with Crippen LogP contribution < -0.4 is 5.32 Å². The van der Waals surface area contributed by atoms with Gasteiger partial charge in [-0.05, 0) is 44.0 Å². The standard InChI is InChI=1S/C15H27N3/c1-3-8-17-10-7-14(13-17)11-16-12-15-6-5-9-18(15)4-2/h7,10,13,15-16H,3-6,8-9,11-12H2,1-2H3. The van der Waals surface area contributed by atoms with E-state index < -0.39 is 0 Å². The molecular weight excluding hydrogens is 222 g/mol. The summed E-state index contributed by atoms with van der Waals surface area (Å²) >= 11 is 0. The predicted molar refractivity (Wildman–Crippen MR) is 76.7 cm³/mol. The fraction of sp³-hybridized carbons (Fsp3) is 0.733. The van der Waals surface area contributed by atoms with Gasteiger partial charge in [0.15, 0.2) is 0 Å². The minimum absolute atomic E-state index is 0.757. The maximum Gasteiger partial charge on any atom is 0.0221 e. The first-order chi connectivity index (χ1) is 8.83. The quantitative estimate of drug-likeness (QED) is 0.801. The molecule has 0 amide bonds. The molecule has 1 N–H and O–H groups in total. The summed E-state index contributed by atoms with van der Waals surface area (Å²) in [6.07, 6.45) is 8.39. The van der Waals surface area contributed by atoms with Gasteiger partial charge < -0.3 is 9.88 Å². The summed E-state index contributed by atoms with van der Waals surface area (Å²) in [6.45, 7) is 10.2. The number of hydrogen-bond acceptors (Lipinski definition) is 2. The molecular formula is C15H27N3. The lowest BCUT2D eigenvalue weighted by atomic mass is 10.2. The van der Waals surface area contributed by atoms with Crippen LogP contribution in [0.15, 0.2) is 18.5 Å². The molecule has 1 unspecified atom stereocenters. The minimum atomic E-state index is 0.757. The highest BCUT2D eigenvalue weighted by atomic mass is 15.2. The molecule has 1 saturated heterocycles. The Balaban J connectivity index is 1.71. The zero-order valence-corrected chi connectivity index (χ0v) is 11.9. The van der Waals surface area contributed by atoms with Crippen molar-refractivity contribution in [1.82, 2.24) is 14.8 Å². The summed E-state index contributed by atoms with van der Waals surface area (Å²) in [5.41, 5.74) is 1.41. The van der Waals surface area contributed by atoms with E-state index in [1.165, 1.54) is 37.9 Å². The van der Waals surface area contributed by atoms with Gasteiger partial charge in [0.25, 0.3) is 0 Å². The average Bonchev–Trinajstić information content (AvgIpc) is 2.99. The maximum absolute atomic E-state index is 3.61. The molecule has 2 heterocycles. The molecule has 1 aromatic rings. The van der Waals surface area contributed by atoms with E-state index in [1.54, 1.807) is 0 Å². The van der Waals surface area contributed by atoms with E-state index in [4.69, 9.17) is 0 Å². The second-order valence-electron chi connectivity index (χ2n) is 5.31. The van der Waals surface area contributed by atoms with Crippen molar-refractivity contribution < 1.29 is 0 Å². The molecule has 2 rings (SSSR count). The zero-order valence-electron chi connectivity index (χ0n) is 11.9. The molecule has 1 aliphatic rings. The fourth-order valence-electron chi connectivity index (χ4n) is 2.92. The average molecular weight is 249 g/mol. The Morgan fingerprint density at radius 3 is 3.06 bits per heavy atom. The van der Waals surface area contributed by atoms with Crippen molar-refractivity contribution in [2.24, 2.45) is 0 Å². The first kappa shape index (κ1) is 13.6. The van der Waals surface area contributed by atoms with Gasteiger partial charge in [-0.3, -0.25) is 4.90 Å². The lowest BCUT2D eigenvalue weighted by molar-refractivity contribution is 0.260. The molecule has 0 aromatic carbocycles. The molecule has 1 fully saturated rings. The van der Waals surface area contributed by atoms with Crippen LogP contribution in [0, 0.1) is 0 Å². The second-order valence-corrected chi connectivity index (χ2v) is 5.31. The van der Waals surface area contributed by atoms with E-state index in [0.717, 1.165) is 25.7 Å². The summed E-state index contributed by atoms with van der Waals surface area (Å²) in [5.74, 6) is 0. The van der Waals surface area contributed by atoms with E-state index in [2.05, 4.69) is 47.1 Å². The normalized spacial score (nSPS) is 20.7. The largest absolute Gasteiger partial charge is 0.354 e. The van der Waals surface area contributed by atoms with Gasteiger partial charge >= 0.3 is 0 Å². The van der Waals surface area contributed by atoms with Gasteiger partial charge in [0.05, 0.1) is 0 Å². The Hall–Kier alpha value is -0.800. The van der Waals surface area contributed by atoms with Crippen LogP contribution in [-0.2, 0) is 13.1 Å². The van der Waals surface area contributed by atoms with Gasteiger partial charge in [0.1, 0.15) is 0 Å². The summed E-state index contributed by atoms with van der Waals surface area (Å²) in [5, 5.41) is 3.61. The first-order valence-corrected chi connectivity index (χ1v) is 7.43. The van der Waals surface area contributed by atoms with Crippen LogP contribution in [0.25, 0.3) is 0 Å². The van der Waals surface area contributed by atoms with Gasteiger partial charge in [-0.2, -0.15) is 0 Å². The summed E-state index contributed by atoms with van der Waals surface area (Å²) < 4.78 is 2.28. The highest BCUT2D eigenvalue weighted by molar-refractivity contribution is 5.09. The highest BCUT2D eigenvalue weighted by Gasteiger charge is 2.21. The van der Waals surface area contributed by atoms with Crippen molar-refractivity contribution in [2.45, 2.75) is 52.2 Å². The second kappa shape index (κ2) is 6.95. The first-order valence-electron chi connectivity index (χ1n) is 7.43. The number of likely N-dealkylation sites (N-methyl/N-ethyl adjacent to an activating group) is 1. The molecule has 1 aromatic heterocycles. The van der Waals surface area contributed by atoms with E-state index >= 15 is 0 Å². The third kappa shape index (κ3) is 3.59. The number of hydrogen-bond donors (Lipinski definition) is 1. The Labute approximate surface area is 111 Å². The van der Waals surface area contributed by atoms with Crippen LogP contribution in [0.1, 0.15) is 38.7 Å². The number of aryl methyl sites for hydroxylation is 1. The van der Waals surface area contributed by atoms with Crippen molar-refractivity contribution in [3.63, 3.8) is 0 Å². The monoisotopic (exact) mass is 249 g/mol. The number of nitrogens with one attached hydrogen (secondary N) is 1. The molecule has 18 heavy (non-hydrogen) atoms. The minimum Gasteiger partial charge on any atom is -0.354 e. The molecule has 0 saturated carbocycles. The van der Waals surface area contributed by atoms with Gasteiger partial charge in [-0.1, -0.05) is 13.8 Å². The number of rotatable bonds is 7. The van der Waals surface area contributed by atoms with Crippen LogP contribution in [-0.4, -0.2) is 35.1 Å². The molecule has 1 atom stereocenters. The van der Waals surface area contributed by atoms with Crippen LogP contribution in [0.2, 0.25) is 0 Å². The third-order valence-electron chi connectivity index (χ3n) is 3.91. The smallest absolute Gasteiger partial charge is 0.0221 e. The van der Waals surface area contributed by atoms with Crippen molar-refractivity contribution in [2.75, 3.05) is 19.6 Å². The van der Waals surface area contributed by atoms with Crippen molar-refractivity contribution in [3.8, 4) is 0 Å². The third-order valence-corrected chi connectivity index (χ3v) is 3.91. The molecule has 0 spiro atoms. The van der Waals surface area contributed by atoms with Gasteiger partial charge in [-0.25, -0.2) is 0 Å². The summed E-state index contributed by atoms with van der Waals surface area (Å²) in [4.78, 5) is 2.59. The molecule has 0 radical (unpaired) electrons. The van der Waals surface area contributed by atoms with Crippen LogP contribution >= 0.6 is 0 Å². The van der Waals surface area contributed by atoms with E-state index in [-0.39, 0.29) is 0 Å². The topological polar surface area (TPSA) is 20.2 Å². The van der Waals surface area contributed by atoms with Crippen LogP contribution in [0.5, 0.6) is 0 Å². The van der Waals surface area contributed by atoms with Crippen molar-refractivity contribution in [3.05, 3.63) is 24.0 Å². The van der Waals surface area contributed by atoms with Gasteiger partial charge in [0.2, 0.25) is 0 Å². The summed E-state index contributed by atoms with van der Waals surface area (Å²) in [7, 11) is 0. The van der Waals surface area contributed by atoms with Crippen LogP contribution in [0.3, 0.4) is 0 Å². The number of likely N-dealkylation sites (tertiary alicyclic amines) is 1.